The van der Waals surface area contributed by atoms with Crippen molar-refractivity contribution in [2.45, 2.75) is 25.4 Å². The minimum absolute atomic E-state index is 0.257. The number of rotatable bonds is 6. The Morgan fingerprint density at radius 3 is 2.83 bits per heavy atom. The Kier molecular flexibility index (Phi) is 6.59. The average molecular weight is 481 g/mol. The zero-order chi connectivity index (χ0) is 23.6. The topological polar surface area (TPSA) is 54.2 Å². The van der Waals surface area contributed by atoms with Crippen LogP contribution < -0.4 is 9.64 Å². The van der Waals surface area contributed by atoms with E-state index in [0.29, 0.717) is 17.5 Å². The molecule has 3 aromatic rings. The maximum Gasteiger partial charge on any atom is 0.180 e. The van der Waals surface area contributed by atoms with Crippen LogP contribution in [0.25, 0.3) is 11.0 Å². The fourth-order valence-corrected chi connectivity index (χ4v) is 5.68. The van der Waals surface area contributed by atoms with Gasteiger partial charge in [0, 0.05) is 57.8 Å². The largest absolute Gasteiger partial charge is 0.493 e. The minimum Gasteiger partial charge on any atom is -0.493 e. The lowest BCUT2D eigenvalue weighted by Gasteiger charge is -2.46. The molecule has 3 aliphatic rings. The molecule has 186 valence electrons. The van der Waals surface area contributed by atoms with Crippen molar-refractivity contribution in [1.29, 1.82) is 0 Å². The second kappa shape index (κ2) is 10.1. The maximum atomic E-state index is 13.8. The number of nitrogens with zero attached hydrogens (tertiary/aromatic N) is 4. The summed E-state index contributed by atoms with van der Waals surface area (Å²) in [6.45, 7) is 9.12. The Bertz CT molecular complexity index is 1150. The molecule has 35 heavy (non-hydrogen) atoms. The zero-order valence-corrected chi connectivity index (χ0v) is 20.1. The SMILES string of the molecule is Fc1ccc2onc(N3CCN4C[C@H](COc5cccc(CN6CCOCC6)c5)CC[C@@H]4C3)c2c1. The first-order valence-corrected chi connectivity index (χ1v) is 12.8. The highest BCUT2D eigenvalue weighted by Crippen LogP contribution is 2.32. The van der Waals surface area contributed by atoms with Crippen LogP contribution >= 0.6 is 0 Å². The molecule has 3 fully saturated rings. The smallest absolute Gasteiger partial charge is 0.180 e. The highest BCUT2D eigenvalue weighted by molar-refractivity contribution is 5.88. The number of morpholine rings is 1. The molecule has 2 aromatic carbocycles. The summed E-state index contributed by atoms with van der Waals surface area (Å²) in [4.78, 5) is 7.27. The zero-order valence-electron chi connectivity index (χ0n) is 20.1. The Morgan fingerprint density at radius 2 is 1.91 bits per heavy atom. The number of piperidine rings is 1. The molecule has 3 saturated heterocycles. The summed E-state index contributed by atoms with van der Waals surface area (Å²) in [6.07, 6.45) is 2.28. The lowest BCUT2D eigenvalue weighted by Crippen LogP contribution is -2.57. The maximum absolute atomic E-state index is 13.8. The van der Waals surface area contributed by atoms with E-state index in [0.717, 1.165) is 95.4 Å². The van der Waals surface area contributed by atoms with Gasteiger partial charge in [0.1, 0.15) is 11.6 Å². The van der Waals surface area contributed by atoms with Gasteiger partial charge in [-0.1, -0.05) is 17.3 Å². The number of benzene rings is 2. The second-order valence-electron chi connectivity index (χ2n) is 10.0. The van der Waals surface area contributed by atoms with Crippen LogP contribution in [0.15, 0.2) is 47.0 Å². The molecule has 0 N–H and O–H groups in total. The summed E-state index contributed by atoms with van der Waals surface area (Å²) in [5, 5.41) is 5.02. The predicted molar refractivity (Wildman–Crippen MR) is 132 cm³/mol. The van der Waals surface area contributed by atoms with Crippen molar-refractivity contribution in [2.24, 2.45) is 5.92 Å². The van der Waals surface area contributed by atoms with E-state index < -0.39 is 0 Å². The van der Waals surface area contributed by atoms with Gasteiger partial charge in [0.2, 0.25) is 0 Å². The van der Waals surface area contributed by atoms with Crippen LogP contribution in [0.3, 0.4) is 0 Å². The van der Waals surface area contributed by atoms with Crippen molar-refractivity contribution in [3.05, 3.63) is 53.8 Å². The first-order chi connectivity index (χ1) is 17.2. The molecule has 0 amide bonds. The molecule has 0 spiro atoms. The van der Waals surface area contributed by atoms with E-state index in [4.69, 9.17) is 14.0 Å². The standard InChI is InChI=1S/C27H33FN4O3/c28-22-5-7-26-25(15-22)27(29-35-26)32-9-8-31-17-21(4-6-23(31)18-32)19-34-24-3-1-2-20(14-24)16-30-10-12-33-13-11-30/h1-3,5,7,14-15,21,23H,4,6,8-13,16-19H2/t21-,23-/m1/s1. The molecule has 0 aliphatic carbocycles. The van der Waals surface area contributed by atoms with Crippen LogP contribution in [0.5, 0.6) is 5.75 Å². The number of anilines is 1. The van der Waals surface area contributed by atoms with Crippen LogP contribution in [-0.4, -0.2) is 80.1 Å². The second-order valence-corrected chi connectivity index (χ2v) is 10.0. The first-order valence-electron chi connectivity index (χ1n) is 12.8. The van der Waals surface area contributed by atoms with E-state index in [-0.39, 0.29) is 5.82 Å². The summed E-state index contributed by atoms with van der Waals surface area (Å²) in [7, 11) is 0. The lowest BCUT2D eigenvalue weighted by molar-refractivity contribution is 0.0341. The molecule has 0 unspecified atom stereocenters. The molecular formula is C27H33FN4O3. The third-order valence-corrected chi connectivity index (χ3v) is 7.61. The predicted octanol–water partition coefficient (Wildman–Crippen LogP) is 3.78. The van der Waals surface area contributed by atoms with Crippen molar-refractivity contribution < 1.29 is 18.4 Å². The summed E-state index contributed by atoms with van der Waals surface area (Å²) in [5.41, 5.74) is 1.93. The van der Waals surface area contributed by atoms with Gasteiger partial charge in [-0.25, -0.2) is 4.39 Å². The van der Waals surface area contributed by atoms with Gasteiger partial charge in [0.25, 0.3) is 0 Å². The summed E-state index contributed by atoms with van der Waals surface area (Å²) in [6, 6.07) is 13.6. The monoisotopic (exact) mass is 480 g/mol. The molecule has 0 bridgehead atoms. The van der Waals surface area contributed by atoms with Gasteiger partial charge in [-0.05, 0) is 48.7 Å². The van der Waals surface area contributed by atoms with Crippen molar-refractivity contribution >= 4 is 16.8 Å². The molecular weight excluding hydrogens is 447 g/mol. The summed E-state index contributed by atoms with van der Waals surface area (Å²) >= 11 is 0. The van der Waals surface area contributed by atoms with Crippen molar-refractivity contribution in [3.63, 3.8) is 0 Å². The third kappa shape index (κ3) is 5.15. The van der Waals surface area contributed by atoms with Crippen LogP contribution in [-0.2, 0) is 11.3 Å². The Labute approximate surface area is 205 Å². The number of aromatic nitrogens is 1. The fourth-order valence-electron chi connectivity index (χ4n) is 5.68. The van der Waals surface area contributed by atoms with Gasteiger partial charge in [-0.15, -0.1) is 0 Å². The minimum atomic E-state index is -0.257. The number of halogens is 1. The molecule has 2 atom stereocenters. The highest BCUT2D eigenvalue weighted by atomic mass is 19.1. The highest BCUT2D eigenvalue weighted by Gasteiger charge is 2.34. The van der Waals surface area contributed by atoms with E-state index in [2.05, 4.69) is 44.1 Å². The van der Waals surface area contributed by atoms with Crippen molar-refractivity contribution in [1.82, 2.24) is 15.0 Å². The number of hydrogen-bond donors (Lipinski definition) is 0. The third-order valence-electron chi connectivity index (χ3n) is 7.61. The van der Waals surface area contributed by atoms with E-state index >= 15 is 0 Å². The van der Waals surface area contributed by atoms with E-state index in [1.807, 2.05) is 0 Å². The lowest BCUT2D eigenvalue weighted by atomic mass is 9.91. The summed E-state index contributed by atoms with van der Waals surface area (Å²) in [5.74, 6) is 2.00. The van der Waals surface area contributed by atoms with Gasteiger partial charge in [0.15, 0.2) is 11.4 Å². The molecule has 8 heteroatoms. The quantitative estimate of drug-likeness (QED) is 0.532. The number of fused-ring (bicyclic) bond motifs is 2. The summed E-state index contributed by atoms with van der Waals surface area (Å²) < 4.78 is 30.9. The van der Waals surface area contributed by atoms with Crippen LogP contribution in [0.4, 0.5) is 10.2 Å². The molecule has 7 nitrogen and oxygen atoms in total. The van der Waals surface area contributed by atoms with Gasteiger partial charge in [-0.3, -0.25) is 9.80 Å². The fraction of sp³-hybridized carbons (Fsp3) is 0.519. The van der Waals surface area contributed by atoms with Crippen molar-refractivity contribution in [3.8, 4) is 5.75 Å². The average Bonchev–Trinajstić information content (AvgIpc) is 3.31. The van der Waals surface area contributed by atoms with Crippen LogP contribution in [0.2, 0.25) is 0 Å². The molecule has 0 saturated carbocycles. The van der Waals surface area contributed by atoms with Gasteiger partial charge in [0.05, 0.1) is 25.2 Å². The molecule has 4 heterocycles. The van der Waals surface area contributed by atoms with Gasteiger partial charge < -0.3 is 18.9 Å². The Balaban J connectivity index is 1.02. The van der Waals surface area contributed by atoms with Crippen LogP contribution in [0.1, 0.15) is 18.4 Å². The normalized spacial score (nSPS) is 24.0. The van der Waals surface area contributed by atoms with Gasteiger partial charge >= 0.3 is 0 Å². The molecule has 0 radical (unpaired) electrons. The van der Waals surface area contributed by atoms with Gasteiger partial charge in [-0.2, -0.15) is 0 Å². The Hall–Kier alpha value is -2.68. The number of piperazine rings is 1. The number of ether oxygens (including phenoxy) is 2. The van der Waals surface area contributed by atoms with E-state index in [9.17, 15) is 4.39 Å². The van der Waals surface area contributed by atoms with Crippen LogP contribution in [0, 0.1) is 11.7 Å². The van der Waals surface area contributed by atoms with Crippen molar-refractivity contribution in [2.75, 3.05) is 64.0 Å². The first kappa shape index (κ1) is 22.8. The molecule has 3 aliphatic heterocycles. The number of hydrogen-bond acceptors (Lipinski definition) is 7. The molecule has 6 rings (SSSR count). The van der Waals surface area contributed by atoms with E-state index in [1.54, 1.807) is 6.07 Å². The molecule has 1 aromatic heterocycles. The van der Waals surface area contributed by atoms with E-state index in [1.165, 1.54) is 17.7 Å². The Morgan fingerprint density at radius 1 is 1.00 bits per heavy atom.